The number of rotatable bonds is 2. The van der Waals surface area contributed by atoms with Crippen molar-refractivity contribution in [2.24, 2.45) is 0 Å². The number of piperidine rings is 1. The van der Waals surface area contributed by atoms with Gasteiger partial charge in [0.05, 0.1) is 12.1 Å². The molecule has 0 bridgehead atoms. The third kappa shape index (κ3) is 2.85. The van der Waals surface area contributed by atoms with Gasteiger partial charge in [-0.25, -0.2) is 0 Å². The van der Waals surface area contributed by atoms with Crippen molar-refractivity contribution in [1.29, 1.82) is 0 Å². The molecule has 0 unspecified atom stereocenters. The maximum absolute atomic E-state index is 12.3. The standard InChI is InChI=1S/C14H23N3O3/c1-14(2)13(20)15(3)8-9-17(14)10-12(19)16-6-4-11(18)5-7-16/h4-10H2,1-3H3. The zero-order valence-electron chi connectivity index (χ0n) is 12.5. The monoisotopic (exact) mass is 281 g/mol. The third-order valence-electron chi connectivity index (χ3n) is 4.37. The number of Topliss-reactive ketones (excluding diaryl/α,β-unsaturated/α-hetero) is 1. The molecule has 2 aliphatic heterocycles. The van der Waals surface area contributed by atoms with Crippen molar-refractivity contribution in [3.8, 4) is 0 Å². The fourth-order valence-electron chi connectivity index (χ4n) is 2.80. The van der Waals surface area contributed by atoms with Crippen molar-refractivity contribution >= 4 is 17.6 Å². The van der Waals surface area contributed by atoms with Gasteiger partial charge < -0.3 is 9.80 Å². The Balaban J connectivity index is 1.97. The van der Waals surface area contributed by atoms with Gasteiger partial charge in [-0.2, -0.15) is 0 Å². The summed E-state index contributed by atoms with van der Waals surface area (Å²) in [7, 11) is 1.79. The van der Waals surface area contributed by atoms with E-state index in [1.54, 1.807) is 16.8 Å². The van der Waals surface area contributed by atoms with E-state index in [9.17, 15) is 14.4 Å². The van der Waals surface area contributed by atoms with E-state index >= 15 is 0 Å². The molecule has 112 valence electrons. The largest absolute Gasteiger partial charge is 0.343 e. The van der Waals surface area contributed by atoms with Crippen LogP contribution >= 0.6 is 0 Å². The van der Waals surface area contributed by atoms with E-state index in [4.69, 9.17) is 0 Å². The second-order valence-corrected chi connectivity index (χ2v) is 6.13. The van der Waals surface area contributed by atoms with Crippen LogP contribution in [0.15, 0.2) is 0 Å². The molecule has 0 atom stereocenters. The van der Waals surface area contributed by atoms with E-state index in [0.29, 0.717) is 39.0 Å². The molecule has 0 N–H and O–H groups in total. The minimum atomic E-state index is -0.645. The molecule has 2 heterocycles. The van der Waals surface area contributed by atoms with Gasteiger partial charge in [0, 0.05) is 46.1 Å². The van der Waals surface area contributed by atoms with Gasteiger partial charge in [-0.3, -0.25) is 19.3 Å². The van der Waals surface area contributed by atoms with Crippen molar-refractivity contribution < 1.29 is 14.4 Å². The molecule has 0 aromatic carbocycles. The van der Waals surface area contributed by atoms with E-state index in [1.807, 2.05) is 18.7 Å². The van der Waals surface area contributed by atoms with Crippen LogP contribution in [-0.4, -0.2) is 77.6 Å². The highest BCUT2D eigenvalue weighted by atomic mass is 16.2. The van der Waals surface area contributed by atoms with Crippen LogP contribution in [0.3, 0.4) is 0 Å². The molecule has 0 spiro atoms. The van der Waals surface area contributed by atoms with Gasteiger partial charge in [-0.15, -0.1) is 0 Å². The number of likely N-dealkylation sites (N-methyl/N-ethyl adjacent to an activating group) is 1. The summed E-state index contributed by atoms with van der Waals surface area (Å²) >= 11 is 0. The number of ketones is 1. The third-order valence-corrected chi connectivity index (χ3v) is 4.37. The summed E-state index contributed by atoms with van der Waals surface area (Å²) in [6.07, 6.45) is 0.910. The molecule has 2 amide bonds. The molecule has 0 aromatic heterocycles. The van der Waals surface area contributed by atoms with Crippen molar-refractivity contribution in [3.05, 3.63) is 0 Å². The Morgan fingerprint density at radius 1 is 1.10 bits per heavy atom. The minimum Gasteiger partial charge on any atom is -0.343 e. The lowest BCUT2D eigenvalue weighted by Crippen LogP contribution is -2.63. The first-order valence-electron chi connectivity index (χ1n) is 7.12. The Morgan fingerprint density at radius 3 is 2.30 bits per heavy atom. The summed E-state index contributed by atoms with van der Waals surface area (Å²) in [5.41, 5.74) is -0.645. The number of nitrogens with zero attached hydrogens (tertiary/aromatic N) is 3. The SMILES string of the molecule is CN1CCN(CC(=O)N2CCC(=O)CC2)C(C)(C)C1=O. The van der Waals surface area contributed by atoms with E-state index in [1.165, 1.54) is 0 Å². The van der Waals surface area contributed by atoms with Crippen LogP contribution in [0.4, 0.5) is 0 Å². The summed E-state index contributed by atoms with van der Waals surface area (Å²) < 4.78 is 0. The van der Waals surface area contributed by atoms with Crippen LogP contribution in [0.1, 0.15) is 26.7 Å². The lowest BCUT2D eigenvalue weighted by atomic mass is 9.97. The van der Waals surface area contributed by atoms with Crippen molar-refractivity contribution in [1.82, 2.24) is 14.7 Å². The maximum Gasteiger partial charge on any atom is 0.242 e. The molecule has 0 radical (unpaired) electrons. The van der Waals surface area contributed by atoms with Gasteiger partial charge in [0.2, 0.25) is 11.8 Å². The van der Waals surface area contributed by atoms with Crippen LogP contribution < -0.4 is 0 Å². The predicted molar refractivity (Wildman–Crippen MR) is 74.1 cm³/mol. The second-order valence-electron chi connectivity index (χ2n) is 6.13. The van der Waals surface area contributed by atoms with E-state index in [2.05, 4.69) is 0 Å². The van der Waals surface area contributed by atoms with Gasteiger partial charge >= 0.3 is 0 Å². The van der Waals surface area contributed by atoms with Gasteiger partial charge in [-0.1, -0.05) is 0 Å². The topological polar surface area (TPSA) is 60.9 Å². The van der Waals surface area contributed by atoms with Crippen LogP contribution in [0.25, 0.3) is 0 Å². The Hall–Kier alpha value is -1.43. The molecule has 2 saturated heterocycles. The molecule has 6 heteroatoms. The molecular formula is C14H23N3O3. The average molecular weight is 281 g/mol. The zero-order chi connectivity index (χ0) is 14.9. The maximum atomic E-state index is 12.3. The molecule has 2 rings (SSSR count). The predicted octanol–water partition coefficient (Wildman–Crippen LogP) is -0.269. The van der Waals surface area contributed by atoms with Crippen molar-refractivity contribution in [2.45, 2.75) is 32.2 Å². The number of carbonyl (C=O) groups excluding carboxylic acids is 3. The van der Waals surface area contributed by atoms with Crippen molar-refractivity contribution in [2.75, 3.05) is 39.8 Å². The zero-order valence-corrected chi connectivity index (χ0v) is 12.5. The lowest BCUT2D eigenvalue weighted by Gasteiger charge is -2.45. The van der Waals surface area contributed by atoms with E-state index in [0.717, 1.165) is 0 Å². The highest BCUT2D eigenvalue weighted by Gasteiger charge is 2.41. The Kier molecular flexibility index (Phi) is 4.13. The fraction of sp³-hybridized carbons (Fsp3) is 0.786. The molecule has 2 fully saturated rings. The molecule has 0 saturated carbocycles. The van der Waals surface area contributed by atoms with Gasteiger partial charge in [0.1, 0.15) is 5.78 Å². The van der Waals surface area contributed by atoms with Crippen LogP contribution in [0.2, 0.25) is 0 Å². The molecule has 0 aromatic rings. The Morgan fingerprint density at radius 2 is 1.70 bits per heavy atom. The normalized spacial score (nSPS) is 24.1. The average Bonchev–Trinajstić information content (AvgIpc) is 2.40. The van der Waals surface area contributed by atoms with Crippen LogP contribution in [0, 0.1) is 0 Å². The first-order valence-corrected chi connectivity index (χ1v) is 7.12. The highest BCUT2D eigenvalue weighted by Crippen LogP contribution is 2.21. The molecular weight excluding hydrogens is 258 g/mol. The van der Waals surface area contributed by atoms with Crippen LogP contribution in [0.5, 0.6) is 0 Å². The Labute approximate surface area is 119 Å². The Bertz CT molecular complexity index is 423. The van der Waals surface area contributed by atoms with Crippen LogP contribution in [-0.2, 0) is 14.4 Å². The van der Waals surface area contributed by atoms with E-state index < -0.39 is 5.54 Å². The summed E-state index contributed by atoms with van der Waals surface area (Å²) in [4.78, 5) is 41.1. The van der Waals surface area contributed by atoms with Crippen molar-refractivity contribution in [3.63, 3.8) is 0 Å². The molecule has 0 aliphatic carbocycles. The minimum absolute atomic E-state index is 0.0166. The quantitative estimate of drug-likeness (QED) is 0.699. The summed E-state index contributed by atoms with van der Waals surface area (Å²) in [5.74, 6) is 0.289. The van der Waals surface area contributed by atoms with Gasteiger partial charge in [0.15, 0.2) is 0 Å². The number of hydrogen-bond acceptors (Lipinski definition) is 4. The van der Waals surface area contributed by atoms with Gasteiger partial charge in [-0.05, 0) is 13.8 Å². The number of carbonyl (C=O) groups is 3. The smallest absolute Gasteiger partial charge is 0.242 e. The first kappa shape index (κ1) is 15.0. The number of hydrogen-bond donors (Lipinski definition) is 0. The molecule has 20 heavy (non-hydrogen) atoms. The van der Waals surface area contributed by atoms with E-state index in [-0.39, 0.29) is 24.1 Å². The highest BCUT2D eigenvalue weighted by molar-refractivity contribution is 5.88. The summed E-state index contributed by atoms with van der Waals surface area (Å²) in [6.45, 7) is 6.35. The first-order chi connectivity index (χ1) is 9.32. The lowest BCUT2D eigenvalue weighted by molar-refractivity contribution is -0.150. The summed E-state index contributed by atoms with van der Waals surface area (Å²) in [6, 6.07) is 0. The summed E-state index contributed by atoms with van der Waals surface area (Å²) in [5, 5.41) is 0. The number of amides is 2. The number of likely N-dealkylation sites (tertiary alicyclic amines) is 1. The molecule has 2 aliphatic rings. The number of piperazine rings is 1. The second kappa shape index (κ2) is 5.52. The molecule has 6 nitrogen and oxygen atoms in total. The fourth-order valence-corrected chi connectivity index (χ4v) is 2.80. The van der Waals surface area contributed by atoms with Gasteiger partial charge in [0.25, 0.3) is 0 Å².